The first-order valence-corrected chi connectivity index (χ1v) is 7.89. The molecule has 0 fully saturated rings. The van der Waals surface area contributed by atoms with Crippen LogP contribution in [-0.4, -0.2) is 29.4 Å². The number of nitrogens with zero attached hydrogens (tertiary/aromatic N) is 2. The summed E-state index contributed by atoms with van der Waals surface area (Å²) in [5.74, 6) is 0.658. The smallest absolute Gasteiger partial charge is 0.269 e. The van der Waals surface area contributed by atoms with Crippen molar-refractivity contribution in [2.45, 2.75) is 13.5 Å². The maximum atomic E-state index is 12.2. The molecule has 0 aliphatic heterocycles. The van der Waals surface area contributed by atoms with Gasteiger partial charge in [-0.15, -0.1) is 0 Å². The molecule has 1 amide bonds. The average Bonchev–Trinajstić information content (AvgIpc) is 2.61. The monoisotopic (exact) mass is 340 g/mol. The topological polar surface area (TPSA) is 72.7 Å². The third kappa shape index (κ3) is 5.46. The molecule has 2 rings (SSSR count). The number of ether oxygens (including phenoxy) is 1. The van der Waals surface area contributed by atoms with E-state index in [4.69, 9.17) is 4.74 Å². The molecule has 130 valence electrons. The summed E-state index contributed by atoms with van der Waals surface area (Å²) in [7, 11) is 1.72. The number of non-ortho nitro benzene ring substituents is 1. The molecule has 0 saturated heterocycles. The Labute approximate surface area is 146 Å². The zero-order valence-electron chi connectivity index (χ0n) is 14.2. The standard InChI is InChI=1S/C19H20N2O4/c1-3-25-18-11-6-16(7-12-18)14-20(2)19(22)13-8-15-4-9-17(10-5-15)21(23)24/h4-13H,3,14H2,1-2H3/b13-8+. The van der Waals surface area contributed by atoms with Crippen molar-refractivity contribution in [1.82, 2.24) is 4.90 Å². The van der Waals surface area contributed by atoms with Crippen LogP contribution in [0.1, 0.15) is 18.1 Å². The lowest BCUT2D eigenvalue weighted by molar-refractivity contribution is -0.384. The summed E-state index contributed by atoms with van der Waals surface area (Å²) in [6.45, 7) is 3.03. The molecule has 2 aromatic rings. The molecule has 25 heavy (non-hydrogen) atoms. The van der Waals surface area contributed by atoms with E-state index < -0.39 is 4.92 Å². The van der Waals surface area contributed by atoms with E-state index in [1.165, 1.54) is 18.2 Å². The van der Waals surface area contributed by atoms with Gasteiger partial charge in [0.25, 0.3) is 5.69 Å². The van der Waals surface area contributed by atoms with Crippen molar-refractivity contribution in [3.05, 3.63) is 75.8 Å². The first-order valence-electron chi connectivity index (χ1n) is 7.89. The van der Waals surface area contributed by atoms with Gasteiger partial charge in [0, 0.05) is 31.8 Å². The molecule has 0 aliphatic rings. The summed E-state index contributed by atoms with van der Waals surface area (Å²) < 4.78 is 5.39. The second-order valence-corrected chi connectivity index (χ2v) is 5.45. The number of hydrogen-bond donors (Lipinski definition) is 0. The number of hydrogen-bond acceptors (Lipinski definition) is 4. The van der Waals surface area contributed by atoms with Gasteiger partial charge in [-0.3, -0.25) is 14.9 Å². The van der Waals surface area contributed by atoms with Gasteiger partial charge < -0.3 is 9.64 Å². The fraction of sp³-hybridized carbons (Fsp3) is 0.211. The molecule has 0 atom stereocenters. The summed E-state index contributed by atoms with van der Waals surface area (Å²) in [5.41, 5.74) is 1.76. The van der Waals surface area contributed by atoms with Crippen LogP contribution in [0.2, 0.25) is 0 Å². The van der Waals surface area contributed by atoms with Gasteiger partial charge in [0.2, 0.25) is 5.91 Å². The third-order valence-electron chi connectivity index (χ3n) is 3.55. The number of amides is 1. The van der Waals surface area contributed by atoms with E-state index in [2.05, 4.69) is 0 Å². The predicted molar refractivity (Wildman–Crippen MR) is 96.2 cm³/mol. The molecule has 0 N–H and O–H groups in total. The Balaban J connectivity index is 1.93. The van der Waals surface area contributed by atoms with E-state index in [0.717, 1.165) is 16.9 Å². The van der Waals surface area contributed by atoms with Crippen LogP contribution in [0.3, 0.4) is 0 Å². The van der Waals surface area contributed by atoms with Crippen LogP contribution in [0.5, 0.6) is 5.75 Å². The lowest BCUT2D eigenvalue weighted by atomic mass is 10.2. The molecule has 2 aromatic carbocycles. The summed E-state index contributed by atoms with van der Waals surface area (Å²) >= 11 is 0. The minimum absolute atomic E-state index is 0.0242. The molecule has 0 radical (unpaired) electrons. The Bertz CT molecular complexity index is 752. The van der Waals surface area contributed by atoms with Crippen LogP contribution < -0.4 is 4.74 Å². The molecule has 0 aliphatic carbocycles. The Morgan fingerprint density at radius 2 is 1.80 bits per heavy atom. The molecule has 6 heteroatoms. The SMILES string of the molecule is CCOc1ccc(CN(C)C(=O)/C=C/c2ccc([N+](=O)[O-])cc2)cc1. The number of nitro groups is 1. The van der Waals surface area contributed by atoms with E-state index >= 15 is 0 Å². The lowest BCUT2D eigenvalue weighted by Crippen LogP contribution is -2.24. The minimum Gasteiger partial charge on any atom is -0.494 e. The van der Waals surface area contributed by atoms with Crippen molar-refractivity contribution in [2.24, 2.45) is 0 Å². The van der Waals surface area contributed by atoms with Crippen molar-refractivity contribution in [2.75, 3.05) is 13.7 Å². The fourth-order valence-electron chi connectivity index (χ4n) is 2.21. The molecule has 6 nitrogen and oxygen atoms in total. The largest absolute Gasteiger partial charge is 0.494 e. The molecule has 0 bridgehead atoms. The fourth-order valence-corrected chi connectivity index (χ4v) is 2.21. The average molecular weight is 340 g/mol. The number of rotatable bonds is 7. The maximum absolute atomic E-state index is 12.2. The summed E-state index contributed by atoms with van der Waals surface area (Å²) in [4.78, 5) is 23.9. The van der Waals surface area contributed by atoms with Crippen LogP contribution in [0.25, 0.3) is 6.08 Å². The number of nitro benzene ring substituents is 1. The highest BCUT2D eigenvalue weighted by molar-refractivity contribution is 5.91. The van der Waals surface area contributed by atoms with Crippen LogP contribution in [0, 0.1) is 10.1 Å². The van der Waals surface area contributed by atoms with Crippen molar-refractivity contribution in [3.63, 3.8) is 0 Å². The summed E-state index contributed by atoms with van der Waals surface area (Å²) in [5, 5.41) is 10.6. The number of benzene rings is 2. The van der Waals surface area contributed by atoms with E-state index in [9.17, 15) is 14.9 Å². The van der Waals surface area contributed by atoms with Gasteiger partial charge in [0.15, 0.2) is 0 Å². The van der Waals surface area contributed by atoms with Crippen LogP contribution in [0.4, 0.5) is 5.69 Å². The van der Waals surface area contributed by atoms with Crippen molar-refractivity contribution < 1.29 is 14.5 Å². The van der Waals surface area contributed by atoms with Gasteiger partial charge >= 0.3 is 0 Å². The zero-order chi connectivity index (χ0) is 18.2. The van der Waals surface area contributed by atoms with Crippen LogP contribution >= 0.6 is 0 Å². The maximum Gasteiger partial charge on any atom is 0.269 e. The number of likely N-dealkylation sites (N-methyl/N-ethyl adjacent to an activating group) is 1. The van der Waals surface area contributed by atoms with E-state index in [1.807, 2.05) is 31.2 Å². The van der Waals surface area contributed by atoms with Crippen molar-refractivity contribution >= 4 is 17.7 Å². The van der Waals surface area contributed by atoms with E-state index in [-0.39, 0.29) is 11.6 Å². The molecular weight excluding hydrogens is 320 g/mol. The highest BCUT2D eigenvalue weighted by Crippen LogP contribution is 2.15. The second-order valence-electron chi connectivity index (χ2n) is 5.45. The third-order valence-corrected chi connectivity index (χ3v) is 3.55. The van der Waals surface area contributed by atoms with Crippen LogP contribution in [0.15, 0.2) is 54.6 Å². The Kier molecular flexibility index (Phi) is 6.28. The number of carbonyl (C=O) groups excluding carboxylic acids is 1. The highest BCUT2D eigenvalue weighted by Gasteiger charge is 2.07. The predicted octanol–water partition coefficient (Wildman–Crippen LogP) is 3.67. The summed E-state index contributed by atoms with van der Waals surface area (Å²) in [6, 6.07) is 13.6. The van der Waals surface area contributed by atoms with Gasteiger partial charge in [0.1, 0.15) is 5.75 Å². The van der Waals surface area contributed by atoms with Gasteiger partial charge in [-0.05, 0) is 48.4 Å². The Morgan fingerprint density at radius 3 is 2.36 bits per heavy atom. The van der Waals surface area contributed by atoms with E-state index in [1.54, 1.807) is 30.2 Å². The van der Waals surface area contributed by atoms with Gasteiger partial charge in [-0.1, -0.05) is 12.1 Å². The quantitative estimate of drug-likeness (QED) is 0.438. The molecule has 0 saturated carbocycles. The molecular formula is C19H20N2O4. The van der Waals surface area contributed by atoms with Gasteiger partial charge in [-0.25, -0.2) is 0 Å². The normalized spacial score (nSPS) is 10.6. The highest BCUT2D eigenvalue weighted by atomic mass is 16.6. The van der Waals surface area contributed by atoms with Crippen LogP contribution in [-0.2, 0) is 11.3 Å². The molecule has 0 unspecified atom stereocenters. The van der Waals surface area contributed by atoms with Crippen molar-refractivity contribution in [3.8, 4) is 5.75 Å². The minimum atomic E-state index is -0.455. The molecule has 0 aromatic heterocycles. The molecule has 0 heterocycles. The summed E-state index contributed by atoms with van der Waals surface area (Å²) in [6.07, 6.45) is 3.09. The second kappa shape index (κ2) is 8.63. The first-order chi connectivity index (χ1) is 12.0. The Morgan fingerprint density at radius 1 is 1.16 bits per heavy atom. The van der Waals surface area contributed by atoms with Gasteiger partial charge in [0.05, 0.1) is 11.5 Å². The van der Waals surface area contributed by atoms with Crippen molar-refractivity contribution in [1.29, 1.82) is 0 Å². The van der Waals surface area contributed by atoms with E-state index in [0.29, 0.717) is 13.2 Å². The first kappa shape index (κ1) is 18.2. The molecule has 0 spiro atoms. The lowest BCUT2D eigenvalue weighted by Gasteiger charge is -2.15. The number of carbonyl (C=O) groups is 1. The van der Waals surface area contributed by atoms with Gasteiger partial charge in [-0.2, -0.15) is 0 Å². The zero-order valence-corrected chi connectivity index (χ0v) is 14.2. The Hall–Kier alpha value is -3.15.